The van der Waals surface area contributed by atoms with Gasteiger partial charge in [0.25, 0.3) is 0 Å². The van der Waals surface area contributed by atoms with Crippen LogP contribution in [0, 0.1) is 17.5 Å². The molecule has 0 amide bonds. The van der Waals surface area contributed by atoms with Crippen molar-refractivity contribution in [2.45, 2.75) is 6.10 Å². The molecule has 104 valence electrons. The lowest BCUT2D eigenvalue weighted by Gasteiger charge is -2.14. The highest BCUT2D eigenvalue weighted by atomic mass is 19.2. The van der Waals surface area contributed by atoms with E-state index >= 15 is 0 Å². The number of carbonyl (C=O) groups is 1. The Morgan fingerprint density at radius 3 is 2.10 bits per heavy atom. The van der Waals surface area contributed by atoms with Crippen LogP contribution in [0.4, 0.5) is 13.2 Å². The summed E-state index contributed by atoms with van der Waals surface area (Å²) in [6.45, 7) is 0. The first-order chi connectivity index (χ1) is 9.43. The highest BCUT2D eigenvalue weighted by molar-refractivity contribution is 5.80. The number of hydrogen-bond acceptors (Lipinski definition) is 2. The fourth-order valence-corrected chi connectivity index (χ4v) is 1.89. The Morgan fingerprint density at radius 2 is 1.50 bits per heavy atom. The van der Waals surface area contributed by atoms with Gasteiger partial charge in [-0.05, 0) is 17.7 Å². The summed E-state index contributed by atoms with van der Waals surface area (Å²) in [7, 11) is 0. The minimum Gasteiger partial charge on any atom is -0.479 e. The van der Waals surface area contributed by atoms with Crippen LogP contribution >= 0.6 is 0 Å². The smallest absolute Gasteiger partial charge is 0.337 e. The van der Waals surface area contributed by atoms with Gasteiger partial charge in [0.05, 0.1) is 0 Å². The van der Waals surface area contributed by atoms with Gasteiger partial charge in [0.1, 0.15) is 5.82 Å². The predicted octanol–water partition coefficient (Wildman–Crippen LogP) is 2.89. The number of carboxylic acids is 1. The van der Waals surface area contributed by atoms with Crippen molar-refractivity contribution in [2.75, 3.05) is 0 Å². The molecule has 0 fully saturated rings. The second-order valence-corrected chi connectivity index (χ2v) is 4.04. The molecule has 0 saturated heterocycles. The van der Waals surface area contributed by atoms with Crippen LogP contribution in [0.2, 0.25) is 0 Å². The SMILES string of the molecule is O=C(O)C(O)c1c(F)cccc1-c1cccc(F)c1F. The number of carboxylic acid groups (broad SMARTS) is 1. The molecule has 0 aliphatic rings. The van der Waals surface area contributed by atoms with Crippen molar-refractivity contribution in [1.82, 2.24) is 0 Å². The van der Waals surface area contributed by atoms with Crippen LogP contribution in [0.25, 0.3) is 11.1 Å². The largest absolute Gasteiger partial charge is 0.479 e. The third-order valence-corrected chi connectivity index (χ3v) is 2.80. The first-order valence-corrected chi connectivity index (χ1v) is 5.57. The summed E-state index contributed by atoms with van der Waals surface area (Å²) in [6.07, 6.45) is -2.17. The molecule has 0 radical (unpaired) electrons. The molecular formula is C14H9F3O3. The average molecular weight is 282 g/mol. The van der Waals surface area contributed by atoms with Crippen molar-refractivity contribution in [2.24, 2.45) is 0 Å². The normalized spacial score (nSPS) is 12.2. The first kappa shape index (κ1) is 14.1. The van der Waals surface area contributed by atoms with Crippen molar-refractivity contribution in [3.63, 3.8) is 0 Å². The molecule has 2 aromatic rings. The number of halogens is 3. The quantitative estimate of drug-likeness (QED) is 0.910. The van der Waals surface area contributed by atoms with Crippen molar-refractivity contribution in [1.29, 1.82) is 0 Å². The summed E-state index contributed by atoms with van der Waals surface area (Å²) in [5.74, 6) is -5.09. The number of aliphatic carboxylic acids is 1. The van der Waals surface area contributed by atoms with E-state index in [1.807, 2.05) is 0 Å². The van der Waals surface area contributed by atoms with Gasteiger partial charge in [0, 0.05) is 11.1 Å². The fourth-order valence-electron chi connectivity index (χ4n) is 1.89. The molecular weight excluding hydrogens is 273 g/mol. The number of rotatable bonds is 3. The maximum absolute atomic E-state index is 13.7. The molecule has 20 heavy (non-hydrogen) atoms. The monoisotopic (exact) mass is 282 g/mol. The Balaban J connectivity index is 2.72. The highest BCUT2D eigenvalue weighted by Crippen LogP contribution is 2.32. The molecule has 1 unspecified atom stereocenters. The number of hydrogen-bond donors (Lipinski definition) is 2. The molecule has 0 heterocycles. The third kappa shape index (κ3) is 2.37. The van der Waals surface area contributed by atoms with E-state index in [1.165, 1.54) is 24.3 Å². The van der Waals surface area contributed by atoms with E-state index in [2.05, 4.69) is 0 Å². The average Bonchev–Trinajstić information content (AvgIpc) is 2.41. The summed E-state index contributed by atoms with van der Waals surface area (Å²) < 4.78 is 40.7. The van der Waals surface area contributed by atoms with Crippen LogP contribution in [0.5, 0.6) is 0 Å². The molecule has 6 heteroatoms. The molecule has 0 bridgehead atoms. The van der Waals surface area contributed by atoms with E-state index in [-0.39, 0.29) is 11.1 Å². The molecule has 0 spiro atoms. The number of aliphatic hydroxyl groups is 1. The minimum atomic E-state index is -2.17. The van der Waals surface area contributed by atoms with Crippen molar-refractivity contribution < 1.29 is 28.2 Å². The molecule has 2 rings (SSSR count). The van der Waals surface area contributed by atoms with Crippen molar-refractivity contribution in [3.05, 3.63) is 59.4 Å². The fraction of sp³-hybridized carbons (Fsp3) is 0.0714. The molecule has 0 aromatic heterocycles. The summed E-state index contributed by atoms with van der Waals surface area (Å²) in [5.41, 5.74) is -1.14. The van der Waals surface area contributed by atoms with Crippen LogP contribution in [0.3, 0.4) is 0 Å². The van der Waals surface area contributed by atoms with E-state index < -0.39 is 35.1 Å². The topological polar surface area (TPSA) is 57.5 Å². The van der Waals surface area contributed by atoms with Gasteiger partial charge in [-0.15, -0.1) is 0 Å². The van der Waals surface area contributed by atoms with Crippen LogP contribution in [-0.4, -0.2) is 16.2 Å². The molecule has 2 N–H and O–H groups in total. The maximum Gasteiger partial charge on any atom is 0.337 e. The van der Waals surface area contributed by atoms with E-state index in [0.29, 0.717) is 0 Å². The maximum atomic E-state index is 13.7. The lowest BCUT2D eigenvalue weighted by atomic mass is 9.95. The lowest BCUT2D eigenvalue weighted by molar-refractivity contribution is -0.147. The minimum absolute atomic E-state index is 0.211. The van der Waals surface area contributed by atoms with Crippen LogP contribution in [0.15, 0.2) is 36.4 Å². The van der Waals surface area contributed by atoms with E-state index in [4.69, 9.17) is 5.11 Å². The van der Waals surface area contributed by atoms with Gasteiger partial charge in [-0.2, -0.15) is 0 Å². The Bertz CT molecular complexity index is 671. The van der Waals surface area contributed by atoms with Gasteiger partial charge in [0.2, 0.25) is 0 Å². The summed E-state index contributed by atoms with van der Waals surface area (Å²) in [4.78, 5) is 10.8. The first-order valence-electron chi connectivity index (χ1n) is 5.57. The van der Waals surface area contributed by atoms with E-state index in [9.17, 15) is 23.1 Å². The lowest BCUT2D eigenvalue weighted by Crippen LogP contribution is -2.14. The zero-order valence-electron chi connectivity index (χ0n) is 9.98. The Morgan fingerprint density at radius 1 is 0.950 bits per heavy atom. The van der Waals surface area contributed by atoms with Gasteiger partial charge in [-0.1, -0.05) is 24.3 Å². The molecule has 0 saturated carbocycles. The highest BCUT2D eigenvalue weighted by Gasteiger charge is 2.25. The zero-order valence-corrected chi connectivity index (χ0v) is 9.98. The summed E-state index contributed by atoms with van der Waals surface area (Å²) in [6, 6.07) is 6.62. The van der Waals surface area contributed by atoms with Gasteiger partial charge in [0.15, 0.2) is 17.7 Å². The summed E-state index contributed by atoms with van der Waals surface area (Å²) >= 11 is 0. The van der Waals surface area contributed by atoms with E-state index in [1.54, 1.807) is 0 Å². The standard InChI is InChI=1S/C14H9F3O3/c15-9-5-1-3-7(11(9)13(18)14(19)20)8-4-2-6-10(16)12(8)17/h1-6,13,18H,(H,19,20). The van der Waals surface area contributed by atoms with Crippen molar-refractivity contribution in [3.8, 4) is 11.1 Å². The number of aliphatic hydroxyl groups excluding tert-OH is 1. The number of benzene rings is 2. The predicted molar refractivity (Wildman–Crippen MR) is 64.3 cm³/mol. The molecule has 2 aromatic carbocycles. The van der Waals surface area contributed by atoms with Crippen LogP contribution in [0.1, 0.15) is 11.7 Å². The van der Waals surface area contributed by atoms with Gasteiger partial charge in [-0.3, -0.25) is 0 Å². The van der Waals surface area contributed by atoms with Gasteiger partial charge >= 0.3 is 5.97 Å². The van der Waals surface area contributed by atoms with E-state index in [0.717, 1.165) is 12.1 Å². The third-order valence-electron chi connectivity index (χ3n) is 2.80. The molecule has 0 aliphatic heterocycles. The van der Waals surface area contributed by atoms with Crippen LogP contribution in [-0.2, 0) is 4.79 Å². The second-order valence-electron chi connectivity index (χ2n) is 4.04. The Labute approximate surface area is 111 Å². The molecule has 1 atom stereocenters. The second kappa shape index (κ2) is 5.34. The van der Waals surface area contributed by atoms with Crippen LogP contribution < -0.4 is 0 Å². The zero-order chi connectivity index (χ0) is 14.9. The van der Waals surface area contributed by atoms with Crippen molar-refractivity contribution >= 4 is 5.97 Å². The summed E-state index contributed by atoms with van der Waals surface area (Å²) in [5, 5.41) is 18.3. The Kier molecular flexibility index (Phi) is 3.76. The molecule has 3 nitrogen and oxygen atoms in total. The molecule has 0 aliphatic carbocycles. The van der Waals surface area contributed by atoms with Gasteiger partial charge in [-0.25, -0.2) is 18.0 Å². The Hall–Kier alpha value is -2.34. The van der Waals surface area contributed by atoms with Gasteiger partial charge < -0.3 is 10.2 Å².